The summed E-state index contributed by atoms with van der Waals surface area (Å²) < 4.78 is 10.5. The van der Waals surface area contributed by atoms with Crippen molar-refractivity contribution in [3.05, 3.63) is 0 Å². The van der Waals surface area contributed by atoms with E-state index >= 15 is 0 Å². The molecule has 0 amide bonds. The van der Waals surface area contributed by atoms with Gasteiger partial charge in [0.1, 0.15) is 5.54 Å². The van der Waals surface area contributed by atoms with Crippen LogP contribution >= 0.6 is 0 Å². The van der Waals surface area contributed by atoms with Gasteiger partial charge in [-0.2, -0.15) is 0 Å². The van der Waals surface area contributed by atoms with Crippen molar-refractivity contribution in [2.45, 2.75) is 84.2 Å². The highest BCUT2D eigenvalue weighted by Gasteiger charge is 2.33. The Bertz CT molecular complexity index is 269. The SMILES string of the molecule is CCCCCCOCCCCC(C)(NC(C)C)C(=O)OC. The number of unbranched alkanes of at least 4 members (excludes halogenated alkanes) is 4. The van der Waals surface area contributed by atoms with E-state index in [4.69, 9.17) is 9.47 Å². The van der Waals surface area contributed by atoms with E-state index in [0.29, 0.717) is 0 Å². The smallest absolute Gasteiger partial charge is 0.325 e. The summed E-state index contributed by atoms with van der Waals surface area (Å²) in [6.45, 7) is 9.86. The van der Waals surface area contributed by atoms with Crippen LogP contribution in [-0.4, -0.2) is 37.9 Å². The van der Waals surface area contributed by atoms with Crippen LogP contribution in [0.5, 0.6) is 0 Å². The molecule has 4 heteroatoms. The molecule has 1 atom stereocenters. The van der Waals surface area contributed by atoms with Crippen LogP contribution in [-0.2, 0) is 14.3 Å². The predicted molar refractivity (Wildman–Crippen MR) is 87.5 cm³/mol. The van der Waals surface area contributed by atoms with Crippen LogP contribution in [0, 0.1) is 0 Å². The van der Waals surface area contributed by atoms with E-state index in [1.807, 2.05) is 20.8 Å². The average Bonchev–Trinajstić information content (AvgIpc) is 2.43. The molecule has 1 N–H and O–H groups in total. The molecule has 0 aromatic carbocycles. The summed E-state index contributed by atoms with van der Waals surface area (Å²) in [7, 11) is 1.45. The molecule has 0 rings (SSSR count). The predicted octanol–water partition coefficient (Wildman–Crippen LogP) is 3.68. The van der Waals surface area contributed by atoms with Gasteiger partial charge in [-0.25, -0.2) is 0 Å². The lowest BCUT2D eigenvalue weighted by molar-refractivity contribution is -0.148. The van der Waals surface area contributed by atoms with E-state index < -0.39 is 5.54 Å². The van der Waals surface area contributed by atoms with Crippen molar-refractivity contribution in [2.75, 3.05) is 20.3 Å². The zero-order chi connectivity index (χ0) is 16.1. The van der Waals surface area contributed by atoms with Gasteiger partial charge in [-0.3, -0.25) is 10.1 Å². The molecule has 4 nitrogen and oxygen atoms in total. The summed E-state index contributed by atoms with van der Waals surface area (Å²) in [6, 6.07) is 0.254. The van der Waals surface area contributed by atoms with Gasteiger partial charge in [0.15, 0.2) is 0 Å². The monoisotopic (exact) mass is 301 g/mol. The Balaban J connectivity index is 3.81. The van der Waals surface area contributed by atoms with Crippen LogP contribution in [0.1, 0.15) is 72.6 Å². The van der Waals surface area contributed by atoms with E-state index in [9.17, 15) is 4.79 Å². The number of carbonyl (C=O) groups excluding carboxylic acids is 1. The Morgan fingerprint density at radius 1 is 1.10 bits per heavy atom. The maximum Gasteiger partial charge on any atom is 0.325 e. The summed E-state index contributed by atoms with van der Waals surface area (Å²) in [5.74, 6) is -0.184. The van der Waals surface area contributed by atoms with Crippen molar-refractivity contribution in [2.24, 2.45) is 0 Å². The van der Waals surface area contributed by atoms with Gasteiger partial charge in [-0.15, -0.1) is 0 Å². The van der Waals surface area contributed by atoms with Crippen LogP contribution < -0.4 is 5.32 Å². The van der Waals surface area contributed by atoms with Crippen LogP contribution in [0.4, 0.5) is 0 Å². The van der Waals surface area contributed by atoms with E-state index in [2.05, 4.69) is 12.2 Å². The number of nitrogens with one attached hydrogen (secondary N) is 1. The second-order valence-corrected chi connectivity index (χ2v) is 6.25. The molecule has 1 unspecified atom stereocenters. The van der Waals surface area contributed by atoms with Gasteiger partial charge in [0, 0.05) is 19.3 Å². The molecule has 0 bridgehead atoms. The van der Waals surface area contributed by atoms with Crippen molar-refractivity contribution in [3.8, 4) is 0 Å². The summed E-state index contributed by atoms with van der Waals surface area (Å²) >= 11 is 0. The molecule has 0 spiro atoms. The molecule has 0 saturated heterocycles. The second kappa shape index (κ2) is 12.0. The highest BCUT2D eigenvalue weighted by Crippen LogP contribution is 2.17. The number of rotatable bonds is 13. The molecular weight excluding hydrogens is 266 g/mol. The molecule has 0 saturated carbocycles. The average molecular weight is 301 g/mol. The van der Waals surface area contributed by atoms with Gasteiger partial charge >= 0.3 is 5.97 Å². The summed E-state index contributed by atoms with van der Waals surface area (Å²) in [5.41, 5.74) is -0.593. The molecule has 0 radical (unpaired) electrons. The van der Waals surface area contributed by atoms with Crippen LogP contribution in [0.15, 0.2) is 0 Å². The van der Waals surface area contributed by atoms with Crippen LogP contribution in [0.2, 0.25) is 0 Å². The topological polar surface area (TPSA) is 47.6 Å². The lowest BCUT2D eigenvalue weighted by Crippen LogP contribution is -2.52. The zero-order valence-corrected chi connectivity index (χ0v) is 14.7. The number of esters is 1. The molecule has 21 heavy (non-hydrogen) atoms. The molecule has 0 aromatic heterocycles. The van der Waals surface area contributed by atoms with Gasteiger partial charge in [0.2, 0.25) is 0 Å². The molecule has 0 aliphatic carbocycles. The normalized spacial score (nSPS) is 14.2. The Morgan fingerprint density at radius 3 is 2.24 bits per heavy atom. The first-order valence-corrected chi connectivity index (χ1v) is 8.40. The first kappa shape index (κ1) is 20.4. The highest BCUT2D eigenvalue weighted by molar-refractivity contribution is 5.80. The molecular formula is C17H35NO3. The summed E-state index contributed by atoms with van der Waals surface area (Å²) in [4.78, 5) is 11.9. The number of hydrogen-bond donors (Lipinski definition) is 1. The van der Waals surface area contributed by atoms with E-state index in [-0.39, 0.29) is 12.0 Å². The third kappa shape index (κ3) is 9.86. The minimum Gasteiger partial charge on any atom is -0.468 e. The molecule has 0 fully saturated rings. The zero-order valence-electron chi connectivity index (χ0n) is 14.7. The first-order chi connectivity index (χ1) is 9.96. The number of hydrogen-bond acceptors (Lipinski definition) is 4. The Kier molecular flexibility index (Phi) is 11.6. The highest BCUT2D eigenvalue weighted by atomic mass is 16.5. The summed E-state index contributed by atoms with van der Waals surface area (Å²) in [5, 5.41) is 3.32. The minimum atomic E-state index is -0.593. The maximum absolute atomic E-state index is 11.9. The van der Waals surface area contributed by atoms with Gasteiger partial charge in [-0.1, -0.05) is 26.2 Å². The van der Waals surface area contributed by atoms with E-state index in [1.54, 1.807) is 0 Å². The molecule has 0 aliphatic rings. The molecule has 0 aromatic rings. The Morgan fingerprint density at radius 2 is 1.71 bits per heavy atom. The fraction of sp³-hybridized carbons (Fsp3) is 0.941. The Hall–Kier alpha value is -0.610. The fourth-order valence-corrected chi connectivity index (χ4v) is 2.51. The Labute approximate surface area is 131 Å². The van der Waals surface area contributed by atoms with Crippen LogP contribution in [0.3, 0.4) is 0 Å². The maximum atomic E-state index is 11.9. The van der Waals surface area contributed by atoms with Crippen molar-refractivity contribution in [1.29, 1.82) is 0 Å². The summed E-state index contributed by atoms with van der Waals surface area (Å²) in [6.07, 6.45) is 7.69. The minimum absolute atomic E-state index is 0.184. The molecule has 0 heterocycles. The lowest BCUT2D eigenvalue weighted by atomic mass is 9.94. The van der Waals surface area contributed by atoms with Crippen molar-refractivity contribution in [1.82, 2.24) is 5.32 Å². The van der Waals surface area contributed by atoms with Crippen LogP contribution in [0.25, 0.3) is 0 Å². The number of ether oxygens (including phenoxy) is 2. The van der Waals surface area contributed by atoms with Crippen molar-refractivity contribution in [3.63, 3.8) is 0 Å². The van der Waals surface area contributed by atoms with Gasteiger partial charge in [-0.05, 0) is 46.5 Å². The van der Waals surface area contributed by atoms with E-state index in [1.165, 1.54) is 26.4 Å². The standard InChI is InChI=1S/C17H35NO3/c1-6-7-8-10-13-21-14-11-9-12-17(4,16(19)20-5)18-15(2)3/h15,18H,6-14H2,1-5H3. The third-order valence-electron chi connectivity index (χ3n) is 3.60. The largest absolute Gasteiger partial charge is 0.468 e. The first-order valence-electron chi connectivity index (χ1n) is 8.40. The van der Waals surface area contributed by atoms with E-state index in [0.717, 1.165) is 38.9 Å². The molecule has 126 valence electrons. The second-order valence-electron chi connectivity index (χ2n) is 6.25. The number of carbonyl (C=O) groups is 1. The van der Waals surface area contributed by atoms with Gasteiger partial charge in [0.25, 0.3) is 0 Å². The lowest BCUT2D eigenvalue weighted by Gasteiger charge is -2.30. The quantitative estimate of drug-likeness (QED) is 0.416. The molecule has 0 aliphatic heterocycles. The van der Waals surface area contributed by atoms with Crippen molar-refractivity contribution < 1.29 is 14.3 Å². The van der Waals surface area contributed by atoms with Crippen molar-refractivity contribution >= 4 is 5.97 Å². The third-order valence-corrected chi connectivity index (χ3v) is 3.60. The van der Waals surface area contributed by atoms with Gasteiger partial charge in [0.05, 0.1) is 7.11 Å². The van der Waals surface area contributed by atoms with Gasteiger partial charge < -0.3 is 9.47 Å². The number of methoxy groups -OCH3 is 1. The fourth-order valence-electron chi connectivity index (χ4n) is 2.51.